The Morgan fingerprint density at radius 1 is 1.17 bits per heavy atom. The molecule has 3 aromatic rings. The fourth-order valence-electron chi connectivity index (χ4n) is 2.44. The smallest absolute Gasteiger partial charge is 0.321 e. The molecule has 0 bridgehead atoms. The summed E-state index contributed by atoms with van der Waals surface area (Å²) in [6.07, 6.45) is 5.11. The van der Waals surface area contributed by atoms with Gasteiger partial charge in [-0.25, -0.2) is 4.98 Å². The molecule has 24 heavy (non-hydrogen) atoms. The molecule has 3 rings (SSSR count). The van der Waals surface area contributed by atoms with E-state index in [2.05, 4.69) is 9.97 Å². The predicted molar refractivity (Wildman–Crippen MR) is 90.1 cm³/mol. The van der Waals surface area contributed by atoms with Gasteiger partial charge in [-0.3, -0.25) is 9.78 Å². The topological polar surface area (TPSA) is 98.3 Å². The molecule has 0 saturated carbocycles. The highest BCUT2D eigenvalue weighted by Gasteiger charge is 2.21. The van der Waals surface area contributed by atoms with Gasteiger partial charge in [0.25, 0.3) is 0 Å². The van der Waals surface area contributed by atoms with Gasteiger partial charge in [0.1, 0.15) is 11.8 Å². The average molecular weight is 323 g/mol. The first kappa shape index (κ1) is 15.9. The minimum atomic E-state index is -1.02. The van der Waals surface area contributed by atoms with Gasteiger partial charge in [0.15, 0.2) is 0 Å². The van der Waals surface area contributed by atoms with Gasteiger partial charge in [-0.15, -0.1) is 0 Å². The number of pyridine rings is 2. The molecule has 1 aromatic carbocycles. The van der Waals surface area contributed by atoms with Gasteiger partial charge < -0.3 is 15.6 Å². The van der Waals surface area contributed by atoms with E-state index in [0.29, 0.717) is 11.6 Å². The maximum atomic E-state index is 11.0. The number of ether oxygens (including phenoxy) is 1. The van der Waals surface area contributed by atoms with Gasteiger partial charge in [0.05, 0.1) is 5.39 Å². The zero-order chi connectivity index (χ0) is 17.1. The fourth-order valence-corrected chi connectivity index (χ4v) is 2.44. The van der Waals surface area contributed by atoms with Crippen molar-refractivity contribution >= 4 is 16.7 Å². The second kappa shape index (κ2) is 6.64. The Morgan fingerprint density at radius 2 is 1.88 bits per heavy atom. The van der Waals surface area contributed by atoms with Gasteiger partial charge in [-0.2, -0.15) is 0 Å². The maximum absolute atomic E-state index is 11.0. The Balaban J connectivity index is 1.82. The van der Waals surface area contributed by atoms with Crippen LogP contribution in [0.25, 0.3) is 10.8 Å². The van der Waals surface area contributed by atoms with Crippen molar-refractivity contribution in [3.05, 3.63) is 60.6 Å². The lowest BCUT2D eigenvalue weighted by atomic mass is 9.94. The van der Waals surface area contributed by atoms with E-state index in [1.165, 1.54) is 0 Å². The van der Waals surface area contributed by atoms with Gasteiger partial charge in [0, 0.05) is 24.5 Å². The number of nitrogens with two attached hydrogens (primary N) is 1. The van der Waals surface area contributed by atoms with E-state index in [4.69, 9.17) is 15.6 Å². The molecule has 0 aliphatic carbocycles. The second-order valence-corrected chi connectivity index (χ2v) is 5.54. The van der Waals surface area contributed by atoms with Gasteiger partial charge in [-0.05, 0) is 35.2 Å². The van der Waals surface area contributed by atoms with Crippen LogP contribution in [0.4, 0.5) is 0 Å². The maximum Gasteiger partial charge on any atom is 0.321 e. The van der Waals surface area contributed by atoms with Crippen LogP contribution >= 0.6 is 0 Å². The van der Waals surface area contributed by atoms with E-state index in [1.807, 2.05) is 24.3 Å². The second-order valence-electron chi connectivity index (χ2n) is 5.54. The van der Waals surface area contributed by atoms with Crippen LogP contribution in [-0.4, -0.2) is 27.1 Å². The van der Waals surface area contributed by atoms with Crippen molar-refractivity contribution in [2.75, 3.05) is 0 Å². The third-order valence-electron chi connectivity index (χ3n) is 3.98. The Hall–Kier alpha value is -2.99. The Kier molecular flexibility index (Phi) is 4.39. The lowest BCUT2D eigenvalue weighted by Crippen LogP contribution is -2.35. The van der Waals surface area contributed by atoms with Crippen molar-refractivity contribution in [3.8, 4) is 11.6 Å². The molecule has 0 aliphatic rings. The van der Waals surface area contributed by atoms with Crippen molar-refractivity contribution in [2.45, 2.75) is 18.9 Å². The number of benzene rings is 1. The van der Waals surface area contributed by atoms with E-state index in [0.717, 1.165) is 16.3 Å². The molecule has 3 N–H and O–H groups in total. The number of aromatic nitrogens is 2. The molecule has 6 nitrogen and oxygen atoms in total. The standard InChI is InChI=1S/C18H17N3O3/c1-11(16(19)18(22)23)12-2-4-14(5-3-12)24-17-15-10-20-8-6-13(15)7-9-21-17/h2-11,16H,19H2,1H3,(H,22,23)/t11?,16-/m0/s1. The molecule has 0 aliphatic heterocycles. The number of carboxylic acid groups (broad SMARTS) is 1. The summed E-state index contributed by atoms with van der Waals surface area (Å²) in [6, 6.07) is 10.0. The highest BCUT2D eigenvalue weighted by atomic mass is 16.5. The Labute approximate surface area is 138 Å². The number of hydrogen-bond acceptors (Lipinski definition) is 5. The molecule has 2 aromatic heterocycles. The normalized spacial score (nSPS) is 13.4. The van der Waals surface area contributed by atoms with Crippen LogP contribution in [0, 0.1) is 0 Å². The summed E-state index contributed by atoms with van der Waals surface area (Å²) in [6.45, 7) is 1.78. The van der Waals surface area contributed by atoms with Crippen molar-refractivity contribution in [1.82, 2.24) is 9.97 Å². The summed E-state index contributed by atoms with van der Waals surface area (Å²) in [7, 11) is 0. The van der Waals surface area contributed by atoms with Crippen LogP contribution in [0.1, 0.15) is 18.4 Å². The third kappa shape index (κ3) is 3.18. The van der Waals surface area contributed by atoms with Crippen molar-refractivity contribution in [2.24, 2.45) is 5.73 Å². The van der Waals surface area contributed by atoms with Crippen molar-refractivity contribution in [1.29, 1.82) is 0 Å². The molecular weight excluding hydrogens is 306 g/mol. The number of carbonyl (C=O) groups is 1. The molecule has 0 radical (unpaired) electrons. The summed E-state index contributed by atoms with van der Waals surface area (Å²) in [5, 5.41) is 10.8. The van der Waals surface area contributed by atoms with E-state index >= 15 is 0 Å². The lowest BCUT2D eigenvalue weighted by Gasteiger charge is -2.16. The van der Waals surface area contributed by atoms with E-state index in [9.17, 15) is 4.79 Å². The number of fused-ring (bicyclic) bond motifs is 1. The lowest BCUT2D eigenvalue weighted by molar-refractivity contribution is -0.139. The summed E-state index contributed by atoms with van der Waals surface area (Å²) < 4.78 is 5.84. The molecule has 122 valence electrons. The molecule has 2 atom stereocenters. The first-order valence-electron chi connectivity index (χ1n) is 7.51. The molecule has 0 fully saturated rings. The van der Waals surface area contributed by atoms with E-state index in [1.54, 1.807) is 37.6 Å². The molecule has 1 unspecified atom stereocenters. The minimum Gasteiger partial charge on any atom is -0.480 e. The van der Waals surface area contributed by atoms with Crippen LogP contribution in [0.3, 0.4) is 0 Å². The van der Waals surface area contributed by atoms with Crippen LogP contribution in [0.2, 0.25) is 0 Å². The van der Waals surface area contributed by atoms with Crippen LogP contribution in [-0.2, 0) is 4.79 Å². The largest absolute Gasteiger partial charge is 0.480 e. The average Bonchev–Trinajstić information content (AvgIpc) is 2.61. The minimum absolute atomic E-state index is 0.295. The summed E-state index contributed by atoms with van der Waals surface area (Å²) in [5.74, 6) is -0.228. The first-order valence-corrected chi connectivity index (χ1v) is 7.51. The van der Waals surface area contributed by atoms with Gasteiger partial charge in [0.2, 0.25) is 5.88 Å². The number of hydrogen-bond donors (Lipinski definition) is 2. The zero-order valence-corrected chi connectivity index (χ0v) is 13.1. The number of aliphatic carboxylic acids is 1. The number of carboxylic acids is 1. The summed E-state index contributed by atoms with van der Waals surface area (Å²) in [4.78, 5) is 19.3. The zero-order valence-electron chi connectivity index (χ0n) is 13.1. The highest BCUT2D eigenvalue weighted by Crippen LogP contribution is 2.28. The molecule has 2 heterocycles. The molecule has 6 heteroatoms. The SMILES string of the molecule is CC(c1ccc(Oc2nccc3ccncc23)cc1)[C@H](N)C(=O)O. The highest BCUT2D eigenvalue weighted by molar-refractivity contribution is 5.85. The van der Waals surface area contributed by atoms with Crippen LogP contribution < -0.4 is 10.5 Å². The van der Waals surface area contributed by atoms with Crippen LogP contribution in [0.15, 0.2) is 55.0 Å². The third-order valence-corrected chi connectivity index (χ3v) is 3.98. The quantitative estimate of drug-likeness (QED) is 0.749. The van der Waals surface area contributed by atoms with Crippen molar-refractivity contribution in [3.63, 3.8) is 0 Å². The van der Waals surface area contributed by atoms with Gasteiger partial charge in [-0.1, -0.05) is 19.1 Å². The Bertz CT molecular complexity index is 860. The first-order chi connectivity index (χ1) is 11.6. The number of nitrogens with zero attached hydrogens (tertiary/aromatic N) is 2. The van der Waals surface area contributed by atoms with Crippen LogP contribution in [0.5, 0.6) is 11.6 Å². The molecule has 0 spiro atoms. The summed E-state index contributed by atoms with van der Waals surface area (Å²) in [5.41, 5.74) is 6.51. The fraction of sp³-hybridized carbons (Fsp3) is 0.167. The predicted octanol–water partition coefficient (Wildman–Crippen LogP) is 2.94. The van der Waals surface area contributed by atoms with Gasteiger partial charge >= 0.3 is 5.97 Å². The van der Waals surface area contributed by atoms with E-state index < -0.39 is 12.0 Å². The number of rotatable bonds is 5. The Morgan fingerprint density at radius 3 is 2.58 bits per heavy atom. The molecule has 0 amide bonds. The van der Waals surface area contributed by atoms with E-state index in [-0.39, 0.29) is 5.92 Å². The molecular formula is C18H17N3O3. The molecule has 0 saturated heterocycles. The van der Waals surface area contributed by atoms with Crippen molar-refractivity contribution < 1.29 is 14.6 Å². The monoisotopic (exact) mass is 323 g/mol. The summed E-state index contributed by atoms with van der Waals surface area (Å²) >= 11 is 0.